The van der Waals surface area contributed by atoms with Gasteiger partial charge in [-0.2, -0.15) is 5.26 Å². The van der Waals surface area contributed by atoms with Crippen LogP contribution in [0.4, 0.5) is 5.69 Å². The Morgan fingerprint density at radius 3 is 2.73 bits per heavy atom. The SMILES string of the molecule is N#C[C@H](c1ccc2ccccc2n1)c1ncccc1[N+](=O)[O-]. The average molecular weight is 290 g/mol. The van der Waals surface area contributed by atoms with E-state index in [1.54, 1.807) is 6.07 Å². The Hall–Kier alpha value is -3.33. The number of fused-ring (bicyclic) bond motifs is 1. The molecule has 0 fully saturated rings. The van der Waals surface area contributed by atoms with Crippen molar-refractivity contribution < 1.29 is 4.92 Å². The molecule has 6 nitrogen and oxygen atoms in total. The van der Waals surface area contributed by atoms with Crippen LogP contribution in [0.1, 0.15) is 17.3 Å². The molecule has 1 aromatic carbocycles. The monoisotopic (exact) mass is 290 g/mol. The molecule has 0 aliphatic heterocycles. The molecule has 0 radical (unpaired) electrons. The second kappa shape index (κ2) is 5.58. The first-order chi connectivity index (χ1) is 10.7. The van der Waals surface area contributed by atoms with Crippen LogP contribution in [0.3, 0.4) is 0 Å². The van der Waals surface area contributed by atoms with Gasteiger partial charge in [-0.1, -0.05) is 24.3 Å². The molecule has 3 aromatic rings. The third-order valence-electron chi connectivity index (χ3n) is 3.33. The fourth-order valence-electron chi connectivity index (χ4n) is 2.30. The van der Waals surface area contributed by atoms with Gasteiger partial charge in [-0.25, -0.2) is 0 Å². The minimum Gasteiger partial charge on any atom is -0.258 e. The molecule has 106 valence electrons. The fraction of sp³-hybridized carbons (Fsp3) is 0.0625. The van der Waals surface area contributed by atoms with Gasteiger partial charge in [0.15, 0.2) is 0 Å². The van der Waals surface area contributed by atoms with Crippen molar-refractivity contribution in [1.29, 1.82) is 5.26 Å². The van der Waals surface area contributed by atoms with Crippen LogP contribution in [0.5, 0.6) is 0 Å². The van der Waals surface area contributed by atoms with Crippen LogP contribution in [-0.2, 0) is 0 Å². The Morgan fingerprint density at radius 1 is 1.14 bits per heavy atom. The maximum atomic E-state index is 11.1. The van der Waals surface area contributed by atoms with Crippen LogP contribution in [-0.4, -0.2) is 14.9 Å². The van der Waals surface area contributed by atoms with Gasteiger partial charge in [0, 0.05) is 17.6 Å². The third-order valence-corrected chi connectivity index (χ3v) is 3.33. The fourth-order valence-corrected chi connectivity index (χ4v) is 2.30. The molecule has 0 saturated carbocycles. The summed E-state index contributed by atoms with van der Waals surface area (Å²) in [6, 6.07) is 15.9. The number of pyridine rings is 2. The molecule has 2 heterocycles. The van der Waals surface area contributed by atoms with E-state index in [0.29, 0.717) is 5.69 Å². The van der Waals surface area contributed by atoms with E-state index in [4.69, 9.17) is 0 Å². The van der Waals surface area contributed by atoms with Gasteiger partial charge in [-0.3, -0.25) is 20.1 Å². The predicted molar refractivity (Wildman–Crippen MR) is 80.1 cm³/mol. The van der Waals surface area contributed by atoms with E-state index in [-0.39, 0.29) is 11.4 Å². The zero-order valence-electron chi connectivity index (χ0n) is 11.4. The number of hydrogen-bond donors (Lipinski definition) is 0. The minimum absolute atomic E-state index is 0.109. The average Bonchev–Trinajstić information content (AvgIpc) is 2.56. The standard InChI is InChI=1S/C16H10N4O2/c17-10-12(16-15(20(21)22)6-3-9-18-16)14-8-7-11-4-1-2-5-13(11)19-14/h1-9,12H/t12-/m1/s1. The van der Waals surface area contributed by atoms with Crippen LogP contribution in [0, 0.1) is 21.4 Å². The second-order valence-corrected chi connectivity index (χ2v) is 4.66. The lowest BCUT2D eigenvalue weighted by Gasteiger charge is -2.09. The van der Waals surface area contributed by atoms with E-state index in [9.17, 15) is 15.4 Å². The van der Waals surface area contributed by atoms with Crippen molar-refractivity contribution in [2.75, 3.05) is 0 Å². The number of aromatic nitrogens is 2. The molecule has 0 saturated heterocycles. The molecule has 22 heavy (non-hydrogen) atoms. The molecule has 0 spiro atoms. The Balaban J connectivity index is 2.15. The smallest absolute Gasteiger partial charge is 0.258 e. The molecule has 0 unspecified atom stereocenters. The number of rotatable bonds is 3. The number of benzene rings is 1. The lowest BCUT2D eigenvalue weighted by atomic mass is 9.99. The van der Waals surface area contributed by atoms with Crippen LogP contribution in [0.25, 0.3) is 10.9 Å². The van der Waals surface area contributed by atoms with Gasteiger partial charge in [0.25, 0.3) is 5.69 Å². The summed E-state index contributed by atoms with van der Waals surface area (Å²) in [6.45, 7) is 0. The van der Waals surface area contributed by atoms with Gasteiger partial charge < -0.3 is 0 Å². The second-order valence-electron chi connectivity index (χ2n) is 4.66. The number of para-hydroxylation sites is 1. The first-order valence-electron chi connectivity index (χ1n) is 6.55. The van der Waals surface area contributed by atoms with E-state index in [1.807, 2.05) is 30.3 Å². The summed E-state index contributed by atoms with van der Waals surface area (Å²) in [5, 5.41) is 21.5. The Kier molecular flexibility index (Phi) is 3.46. The Morgan fingerprint density at radius 2 is 1.95 bits per heavy atom. The largest absolute Gasteiger partial charge is 0.292 e. The summed E-state index contributed by atoms with van der Waals surface area (Å²) < 4.78 is 0. The van der Waals surface area contributed by atoms with Gasteiger partial charge >= 0.3 is 0 Å². The highest BCUT2D eigenvalue weighted by molar-refractivity contribution is 5.78. The van der Waals surface area contributed by atoms with E-state index in [2.05, 4.69) is 16.0 Å². The van der Waals surface area contributed by atoms with E-state index in [1.165, 1.54) is 18.3 Å². The van der Waals surface area contributed by atoms with E-state index < -0.39 is 10.8 Å². The molecule has 1 atom stereocenters. The number of hydrogen-bond acceptors (Lipinski definition) is 5. The first kappa shape index (κ1) is 13.6. The highest BCUT2D eigenvalue weighted by Gasteiger charge is 2.25. The maximum Gasteiger partial charge on any atom is 0.292 e. The minimum atomic E-state index is -0.883. The lowest BCUT2D eigenvalue weighted by Crippen LogP contribution is -2.07. The van der Waals surface area contributed by atoms with Crippen molar-refractivity contribution in [2.45, 2.75) is 5.92 Å². The van der Waals surface area contributed by atoms with Gasteiger partial charge in [0.1, 0.15) is 11.6 Å². The summed E-state index contributed by atoms with van der Waals surface area (Å²) in [4.78, 5) is 19.0. The van der Waals surface area contributed by atoms with Gasteiger partial charge in [0.2, 0.25) is 0 Å². The normalized spacial score (nSPS) is 11.8. The van der Waals surface area contributed by atoms with Crippen molar-refractivity contribution in [2.24, 2.45) is 0 Å². The van der Waals surface area contributed by atoms with E-state index in [0.717, 1.165) is 10.9 Å². The highest BCUT2D eigenvalue weighted by atomic mass is 16.6. The first-order valence-corrected chi connectivity index (χ1v) is 6.55. The Bertz CT molecular complexity index is 902. The molecule has 0 bridgehead atoms. The zero-order valence-corrected chi connectivity index (χ0v) is 11.4. The van der Waals surface area contributed by atoms with Crippen LogP contribution >= 0.6 is 0 Å². The van der Waals surface area contributed by atoms with Crippen molar-refractivity contribution in [3.8, 4) is 6.07 Å². The highest BCUT2D eigenvalue weighted by Crippen LogP contribution is 2.29. The van der Waals surface area contributed by atoms with Gasteiger partial charge in [0.05, 0.1) is 22.2 Å². The van der Waals surface area contributed by atoms with E-state index >= 15 is 0 Å². The molecule has 0 amide bonds. The molecule has 6 heteroatoms. The third kappa shape index (κ3) is 2.36. The number of nitriles is 1. The molecule has 0 aliphatic rings. The molecular weight excluding hydrogens is 280 g/mol. The predicted octanol–water partition coefficient (Wildman–Crippen LogP) is 3.19. The number of nitro groups is 1. The van der Waals surface area contributed by atoms with Crippen molar-refractivity contribution in [3.63, 3.8) is 0 Å². The van der Waals surface area contributed by atoms with Crippen LogP contribution in [0.2, 0.25) is 0 Å². The summed E-state index contributed by atoms with van der Waals surface area (Å²) >= 11 is 0. The quantitative estimate of drug-likeness (QED) is 0.545. The Labute approximate surface area is 125 Å². The van der Waals surface area contributed by atoms with Gasteiger partial charge in [-0.05, 0) is 18.2 Å². The molecular formula is C16H10N4O2. The summed E-state index contributed by atoms with van der Waals surface area (Å²) in [6.07, 6.45) is 1.44. The van der Waals surface area contributed by atoms with Crippen LogP contribution in [0.15, 0.2) is 54.7 Å². The van der Waals surface area contributed by atoms with Crippen LogP contribution < -0.4 is 0 Å². The molecule has 0 N–H and O–H groups in total. The summed E-state index contributed by atoms with van der Waals surface area (Å²) in [7, 11) is 0. The molecule has 0 aliphatic carbocycles. The maximum absolute atomic E-state index is 11.1. The molecule has 3 rings (SSSR count). The topological polar surface area (TPSA) is 92.7 Å². The summed E-state index contributed by atoms with van der Waals surface area (Å²) in [5.41, 5.74) is 1.11. The lowest BCUT2D eigenvalue weighted by molar-refractivity contribution is -0.386. The van der Waals surface area contributed by atoms with Crippen molar-refractivity contribution in [1.82, 2.24) is 9.97 Å². The van der Waals surface area contributed by atoms with Crippen molar-refractivity contribution >= 4 is 16.6 Å². The number of nitrogens with zero attached hydrogens (tertiary/aromatic N) is 4. The van der Waals surface area contributed by atoms with Crippen molar-refractivity contribution in [3.05, 3.63) is 76.2 Å². The van der Waals surface area contributed by atoms with Gasteiger partial charge in [-0.15, -0.1) is 0 Å². The zero-order chi connectivity index (χ0) is 15.5. The molecule has 2 aromatic heterocycles. The summed E-state index contributed by atoms with van der Waals surface area (Å²) in [5.74, 6) is -0.883.